The number of halogens is 3. The Balaban J connectivity index is 1.84. The average molecular weight is 294 g/mol. The monoisotopic (exact) mass is 294 g/mol. The molecule has 1 aliphatic rings. The molecule has 4 nitrogen and oxygen atoms in total. The van der Waals surface area contributed by atoms with Gasteiger partial charge < -0.3 is 10.2 Å². The van der Waals surface area contributed by atoms with Crippen LogP contribution >= 0.6 is 11.5 Å². The molecule has 0 unspecified atom stereocenters. The third-order valence-electron chi connectivity index (χ3n) is 3.13. The molecular formula is C11H17F3N4S. The molecule has 0 aromatic carbocycles. The van der Waals surface area contributed by atoms with Crippen LogP contribution in [0.1, 0.15) is 32.0 Å². The van der Waals surface area contributed by atoms with Gasteiger partial charge in [-0.1, -0.05) is 6.92 Å². The van der Waals surface area contributed by atoms with E-state index in [-0.39, 0.29) is 11.2 Å². The Morgan fingerprint density at radius 2 is 2.05 bits per heavy atom. The van der Waals surface area contributed by atoms with Crippen LogP contribution in [0.3, 0.4) is 0 Å². The summed E-state index contributed by atoms with van der Waals surface area (Å²) in [4.78, 5) is 5.86. The Bertz CT molecular complexity index is 399. The van der Waals surface area contributed by atoms with Crippen molar-refractivity contribution in [1.29, 1.82) is 0 Å². The summed E-state index contributed by atoms with van der Waals surface area (Å²) in [5.41, 5.74) is 0. The zero-order valence-corrected chi connectivity index (χ0v) is 11.5. The van der Waals surface area contributed by atoms with Crippen LogP contribution in [0.25, 0.3) is 0 Å². The lowest BCUT2D eigenvalue weighted by Crippen LogP contribution is -2.39. The number of nitrogens with one attached hydrogen (secondary N) is 1. The SMILES string of the molecule is CCCN1CCC(Nc2nc(C(F)(F)F)ns2)CC1. The molecule has 2 rings (SSSR count). The third-order valence-corrected chi connectivity index (χ3v) is 3.78. The molecule has 19 heavy (non-hydrogen) atoms. The fraction of sp³-hybridized carbons (Fsp3) is 0.818. The van der Waals surface area contributed by atoms with Gasteiger partial charge in [0.25, 0.3) is 0 Å². The summed E-state index contributed by atoms with van der Waals surface area (Å²) in [6.45, 7) is 5.20. The van der Waals surface area contributed by atoms with E-state index in [2.05, 4.69) is 26.5 Å². The molecule has 2 heterocycles. The molecule has 108 valence electrons. The van der Waals surface area contributed by atoms with Gasteiger partial charge in [0.15, 0.2) is 0 Å². The Kier molecular flexibility index (Phi) is 4.62. The van der Waals surface area contributed by atoms with Gasteiger partial charge in [-0.3, -0.25) is 0 Å². The van der Waals surface area contributed by atoms with Crippen LogP contribution < -0.4 is 5.32 Å². The molecule has 0 saturated carbocycles. The summed E-state index contributed by atoms with van der Waals surface area (Å²) in [5.74, 6) is -1.05. The molecule has 1 aliphatic heterocycles. The van der Waals surface area contributed by atoms with Crippen LogP contribution in [-0.4, -0.2) is 39.9 Å². The first-order chi connectivity index (χ1) is 8.99. The van der Waals surface area contributed by atoms with Gasteiger partial charge in [-0.2, -0.15) is 22.5 Å². The summed E-state index contributed by atoms with van der Waals surface area (Å²) >= 11 is 0.775. The topological polar surface area (TPSA) is 41.0 Å². The van der Waals surface area contributed by atoms with Gasteiger partial charge in [0, 0.05) is 30.7 Å². The van der Waals surface area contributed by atoms with Crippen molar-refractivity contribution >= 4 is 16.7 Å². The van der Waals surface area contributed by atoms with E-state index in [1.807, 2.05) is 0 Å². The van der Waals surface area contributed by atoms with E-state index in [1.165, 1.54) is 0 Å². The van der Waals surface area contributed by atoms with E-state index in [9.17, 15) is 13.2 Å². The predicted octanol–water partition coefficient (Wildman–Crippen LogP) is 2.84. The number of anilines is 1. The van der Waals surface area contributed by atoms with E-state index >= 15 is 0 Å². The van der Waals surface area contributed by atoms with Gasteiger partial charge in [-0.15, -0.1) is 0 Å². The van der Waals surface area contributed by atoms with Gasteiger partial charge in [0.1, 0.15) is 0 Å². The lowest BCUT2D eigenvalue weighted by Gasteiger charge is -2.31. The Hall–Kier alpha value is -0.890. The zero-order valence-electron chi connectivity index (χ0n) is 10.7. The summed E-state index contributed by atoms with van der Waals surface area (Å²) in [6.07, 6.45) is -1.47. The highest BCUT2D eigenvalue weighted by Gasteiger charge is 2.36. The number of aromatic nitrogens is 2. The van der Waals surface area contributed by atoms with Crippen molar-refractivity contribution in [1.82, 2.24) is 14.3 Å². The quantitative estimate of drug-likeness (QED) is 0.927. The van der Waals surface area contributed by atoms with E-state index in [4.69, 9.17) is 0 Å². The van der Waals surface area contributed by atoms with Gasteiger partial charge in [0.2, 0.25) is 11.0 Å². The molecule has 0 aliphatic carbocycles. The Labute approximate surface area is 114 Å². The third kappa shape index (κ3) is 4.04. The van der Waals surface area contributed by atoms with E-state index in [0.29, 0.717) is 0 Å². The Morgan fingerprint density at radius 3 is 2.58 bits per heavy atom. The Morgan fingerprint density at radius 1 is 1.37 bits per heavy atom. The molecule has 8 heteroatoms. The highest BCUT2D eigenvalue weighted by molar-refractivity contribution is 7.09. The molecule has 1 aromatic rings. The number of hydrogen-bond donors (Lipinski definition) is 1. The first-order valence-corrected chi connectivity index (χ1v) is 7.16. The molecular weight excluding hydrogens is 277 g/mol. The second-order valence-electron chi connectivity index (χ2n) is 4.68. The van der Waals surface area contributed by atoms with Crippen molar-refractivity contribution in [3.63, 3.8) is 0 Å². The van der Waals surface area contributed by atoms with Crippen LogP contribution in [-0.2, 0) is 6.18 Å². The number of likely N-dealkylation sites (tertiary alicyclic amines) is 1. The fourth-order valence-electron chi connectivity index (χ4n) is 2.19. The van der Waals surface area contributed by atoms with E-state index < -0.39 is 12.0 Å². The average Bonchev–Trinajstić information content (AvgIpc) is 2.80. The molecule has 1 saturated heterocycles. The van der Waals surface area contributed by atoms with Crippen molar-refractivity contribution in [2.45, 2.75) is 38.4 Å². The molecule has 0 amide bonds. The molecule has 0 radical (unpaired) electrons. The van der Waals surface area contributed by atoms with E-state index in [0.717, 1.165) is 50.4 Å². The number of piperidine rings is 1. The van der Waals surface area contributed by atoms with Crippen LogP contribution in [0, 0.1) is 0 Å². The van der Waals surface area contributed by atoms with Crippen molar-refractivity contribution < 1.29 is 13.2 Å². The largest absolute Gasteiger partial charge is 0.452 e. The number of nitrogens with zero attached hydrogens (tertiary/aromatic N) is 3. The van der Waals surface area contributed by atoms with Crippen molar-refractivity contribution in [3.8, 4) is 0 Å². The van der Waals surface area contributed by atoms with Gasteiger partial charge >= 0.3 is 6.18 Å². The lowest BCUT2D eigenvalue weighted by atomic mass is 10.1. The molecule has 1 aromatic heterocycles. The number of rotatable bonds is 4. The van der Waals surface area contributed by atoms with Crippen LogP contribution in [0.5, 0.6) is 0 Å². The standard InChI is InChI=1S/C11H17F3N4S/c1-2-5-18-6-3-8(4-7-18)15-10-16-9(17-19-10)11(12,13)14/h8H,2-7H2,1H3,(H,15,16,17). The zero-order chi connectivity index (χ0) is 13.9. The second-order valence-corrected chi connectivity index (χ2v) is 5.43. The maximum Gasteiger partial charge on any atom is 0.452 e. The van der Waals surface area contributed by atoms with Crippen molar-refractivity contribution in [2.24, 2.45) is 0 Å². The maximum atomic E-state index is 12.4. The smallest absolute Gasteiger partial charge is 0.357 e. The minimum atomic E-state index is -4.46. The molecule has 1 N–H and O–H groups in total. The van der Waals surface area contributed by atoms with Gasteiger partial charge in [0.05, 0.1) is 0 Å². The fourth-order valence-corrected chi connectivity index (χ4v) is 2.85. The molecule has 1 fully saturated rings. The summed E-state index contributed by atoms with van der Waals surface area (Å²) in [7, 11) is 0. The first-order valence-electron chi connectivity index (χ1n) is 6.39. The summed E-state index contributed by atoms with van der Waals surface area (Å²) < 4.78 is 40.4. The van der Waals surface area contributed by atoms with Gasteiger partial charge in [-0.25, -0.2) is 0 Å². The van der Waals surface area contributed by atoms with Gasteiger partial charge in [-0.05, 0) is 25.8 Å². The number of hydrogen-bond acceptors (Lipinski definition) is 5. The molecule has 0 bridgehead atoms. The van der Waals surface area contributed by atoms with Crippen molar-refractivity contribution in [2.75, 3.05) is 25.0 Å². The van der Waals surface area contributed by atoms with Crippen molar-refractivity contribution in [3.05, 3.63) is 5.82 Å². The maximum absolute atomic E-state index is 12.4. The first kappa shape index (κ1) is 14.5. The second kappa shape index (κ2) is 6.04. The minimum absolute atomic E-state index is 0.196. The van der Waals surface area contributed by atoms with Crippen LogP contribution in [0.15, 0.2) is 0 Å². The predicted molar refractivity (Wildman–Crippen MR) is 68.3 cm³/mol. The number of alkyl halides is 3. The normalized spacial score (nSPS) is 18.7. The highest BCUT2D eigenvalue weighted by Crippen LogP contribution is 2.29. The lowest BCUT2D eigenvalue weighted by molar-refractivity contribution is -0.144. The summed E-state index contributed by atoms with van der Waals surface area (Å²) in [6, 6.07) is 0.196. The van der Waals surface area contributed by atoms with E-state index in [1.54, 1.807) is 0 Å². The summed E-state index contributed by atoms with van der Waals surface area (Å²) in [5, 5.41) is 3.32. The van der Waals surface area contributed by atoms with Crippen LogP contribution in [0.4, 0.5) is 18.3 Å². The highest BCUT2D eigenvalue weighted by atomic mass is 32.1. The van der Waals surface area contributed by atoms with Crippen LogP contribution in [0.2, 0.25) is 0 Å². The molecule has 0 spiro atoms. The minimum Gasteiger partial charge on any atom is -0.357 e. The molecule has 0 atom stereocenters.